The van der Waals surface area contributed by atoms with Gasteiger partial charge < -0.3 is 15.0 Å². The molecule has 3 aromatic rings. The number of aldehydes is 1. The number of hydrogen-bond acceptors (Lipinski definition) is 9. The van der Waals surface area contributed by atoms with Crippen molar-refractivity contribution in [2.24, 2.45) is 0 Å². The first-order valence-corrected chi connectivity index (χ1v) is 12.9. The average molecular weight is 541 g/mol. The first kappa shape index (κ1) is 26.7. The van der Waals surface area contributed by atoms with Gasteiger partial charge in [-0.25, -0.2) is 14.8 Å². The number of nitriles is 1. The summed E-state index contributed by atoms with van der Waals surface area (Å²) >= 11 is 0. The maximum absolute atomic E-state index is 13.4. The van der Waals surface area contributed by atoms with Gasteiger partial charge in [0.05, 0.1) is 17.9 Å². The summed E-state index contributed by atoms with van der Waals surface area (Å²) in [4.78, 5) is 53.7. The number of nitrogens with one attached hydrogen (secondary N) is 2. The fraction of sp³-hybridized carbons (Fsp3) is 0.321. The first-order chi connectivity index (χ1) is 19.5. The van der Waals surface area contributed by atoms with Crippen LogP contribution < -0.4 is 15.5 Å². The van der Waals surface area contributed by atoms with E-state index in [-0.39, 0.29) is 30.6 Å². The van der Waals surface area contributed by atoms with E-state index in [2.05, 4.69) is 31.7 Å². The highest BCUT2D eigenvalue weighted by molar-refractivity contribution is 6.02. The molecule has 5 heterocycles. The average Bonchev–Trinajstić information content (AvgIpc) is 2.97. The highest BCUT2D eigenvalue weighted by atomic mass is 16.5. The second-order valence-electron chi connectivity index (χ2n) is 9.51. The Morgan fingerprint density at radius 2 is 2.12 bits per heavy atom. The Labute approximate surface area is 231 Å². The number of amides is 3. The highest BCUT2D eigenvalue weighted by Crippen LogP contribution is 2.29. The normalized spacial score (nSPS) is 14.8. The van der Waals surface area contributed by atoms with Gasteiger partial charge >= 0.3 is 6.03 Å². The van der Waals surface area contributed by atoms with Crippen molar-refractivity contribution in [3.63, 3.8) is 0 Å². The van der Waals surface area contributed by atoms with Crippen molar-refractivity contribution >= 4 is 35.5 Å². The molecule has 1 fully saturated rings. The van der Waals surface area contributed by atoms with Gasteiger partial charge in [0.25, 0.3) is 0 Å². The molecule has 2 N–H and O–H groups in total. The van der Waals surface area contributed by atoms with Crippen LogP contribution in [0.25, 0.3) is 0 Å². The van der Waals surface area contributed by atoms with Crippen LogP contribution >= 0.6 is 0 Å². The van der Waals surface area contributed by atoms with Crippen LogP contribution in [0.3, 0.4) is 0 Å². The van der Waals surface area contributed by atoms with Gasteiger partial charge in [-0.15, -0.1) is 0 Å². The van der Waals surface area contributed by atoms with Crippen LogP contribution in [-0.2, 0) is 29.0 Å². The number of aryl methyl sites for hydroxylation is 2. The number of hydrogen-bond donors (Lipinski definition) is 2. The molecule has 0 saturated carbocycles. The van der Waals surface area contributed by atoms with E-state index in [9.17, 15) is 19.6 Å². The molecule has 3 amide bonds. The van der Waals surface area contributed by atoms with Crippen molar-refractivity contribution in [3.05, 3.63) is 70.3 Å². The molecule has 2 aliphatic rings. The highest BCUT2D eigenvalue weighted by Gasteiger charge is 2.28. The van der Waals surface area contributed by atoms with E-state index in [0.29, 0.717) is 68.0 Å². The summed E-state index contributed by atoms with van der Waals surface area (Å²) in [6, 6.07) is 8.93. The molecule has 0 unspecified atom stereocenters. The van der Waals surface area contributed by atoms with Crippen molar-refractivity contribution in [1.29, 1.82) is 5.26 Å². The van der Waals surface area contributed by atoms with E-state index in [1.165, 1.54) is 11.1 Å². The minimum Gasteiger partial charge on any atom is -0.380 e. The van der Waals surface area contributed by atoms with Crippen LogP contribution in [0.2, 0.25) is 0 Å². The molecular weight excluding hydrogens is 512 g/mol. The largest absolute Gasteiger partial charge is 0.380 e. The number of nitrogens with zero attached hydrogens (tertiary/aromatic N) is 6. The lowest BCUT2D eigenvalue weighted by atomic mass is 10.0. The number of rotatable bonds is 7. The van der Waals surface area contributed by atoms with Gasteiger partial charge in [-0.3, -0.25) is 24.8 Å². The molecule has 12 heteroatoms. The molecule has 0 aliphatic carbocycles. The number of morpholine rings is 1. The Balaban J connectivity index is 1.34. The van der Waals surface area contributed by atoms with Crippen molar-refractivity contribution in [1.82, 2.24) is 19.9 Å². The van der Waals surface area contributed by atoms with E-state index in [1.807, 2.05) is 25.1 Å². The summed E-state index contributed by atoms with van der Waals surface area (Å²) in [6.45, 7) is 3.93. The van der Waals surface area contributed by atoms with Crippen molar-refractivity contribution in [3.8, 4) is 6.07 Å². The van der Waals surface area contributed by atoms with Gasteiger partial charge in [-0.05, 0) is 43.0 Å². The van der Waals surface area contributed by atoms with Crippen molar-refractivity contribution < 1.29 is 19.1 Å². The van der Waals surface area contributed by atoms with Gasteiger partial charge in [0.2, 0.25) is 5.91 Å². The Bertz CT molecular complexity index is 1500. The number of pyridine rings is 3. The lowest BCUT2D eigenvalue weighted by Crippen LogP contribution is -2.42. The van der Waals surface area contributed by atoms with Gasteiger partial charge in [-0.2, -0.15) is 5.26 Å². The topological polar surface area (TPSA) is 153 Å². The summed E-state index contributed by atoms with van der Waals surface area (Å²) in [5, 5.41) is 15.6. The second-order valence-corrected chi connectivity index (χ2v) is 9.51. The zero-order valence-electron chi connectivity index (χ0n) is 22.0. The zero-order chi connectivity index (χ0) is 28.1. The number of urea groups is 1. The molecule has 0 atom stereocenters. The molecule has 2 aliphatic heterocycles. The fourth-order valence-electron chi connectivity index (χ4n) is 4.74. The van der Waals surface area contributed by atoms with E-state index < -0.39 is 6.03 Å². The molecule has 5 rings (SSSR count). The summed E-state index contributed by atoms with van der Waals surface area (Å²) in [6.07, 6.45) is 5.16. The Kier molecular flexibility index (Phi) is 7.93. The minimum atomic E-state index is -0.451. The van der Waals surface area contributed by atoms with Crippen LogP contribution in [0.15, 0.2) is 36.7 Å². The molecule has 12 nitrogen and oxygen atoms in total. The number of aromatic nitrogens is 3. The van der Waals surface area contributed by atoms with Crippen LogP contribution in [0, 0.1) is 18.3 Å². The molecule has 40 heavy (non-hydrogen) atoms. The summed E-state index contributed by atoms with van der Waals surface area (Å²) in [5.41, 5.74) is 4.37. The number of carbonyl (C=O) groups excluding carboxylic acids is 3. The predicted octanol–water partition coefficient (Wildman–Crippen LogP) is 2.82. The number of carbonyl (C=O) groups is 3. The molecule has 0 spiro atoms. The van der Waals surface area contributed by atoms with E-state index in [4.69, 9.17) is 4.74 Å². The van der Waals surface area contributed by atoms with Crippen molar-refractivity contribution in [2.45, 2.75) is 32.9 Å². The SMILES string of the molecule is Cc1ncccc1CNc1cc(NC(=O)N2CCCc3cc(CN4CCOCC4=O)c(C=O)nc32)ncc1C#N. The lowest BCUT2D eigenvalue weighted by molar-refractivity contribution is -0.143. The number of fused-ring (bicyclic) bond motifs is 1. The smallest absolute Gasteiger partial charge is 0.328 e. The monoisotopic (exact) mass is 540 g/mol. The molecule has 0 radical (unpaired) electrons. The maximum atomic E-state index is 13.4. The third-order valence-electron chi connectivity index (χ3n) is 6.92. The molecule has 0 bridgehead atoms. The molecule has 0 aromatic carbocycles. The summed E-state index contributed by atoms with van der Waals surface area (Å²) < 4.78 is 5.19. The van der Waals surface area contributed by atoms with Crippen LogP contribution in [0.5, 0.6) is 0 Å². The van der Waals surface area contributed by atoms with Crippen LogP contribution in [-0.4, -0.2) is 64.4 Å². The van der Waals surface area contributed by atoms with Gasteiger partial charge in [0.15, 0.2) is 6.29 Å². The Morgan fingerprint density at radius 3 is 2.90 bits per heavy atom. The quantitative estimate of drug-likeness (QED) is 0.431. The van der Waals surface area contributed by atoms with Crippen molar-refractivity contribution in [2.75, 3.05) is 41.8 Å². The summed E-state index contributed by atoms with van der Waals surface area (Å²) in [7, 11) is 0. The van der Waals surface area contributed by atoms with Crippen LogP contribution in [0.4, 0.5) is 22.1 Å². The second kappa shape index (κ2) is 11.9. The fourth-order valence-corrected chi connectivity index (χ4v) is 4.74. The maximum Gasteiger partial charge on any atom is 0.328 e. The lowest BCUT2D eigenvalue weighted by Gasteiger charge is -2.30. The Morgan fingerprint density at radius 1 is 1.25 bits per heavy atom. The molecule has 1 saturated heterocycles. The number of ether oxygens (including phenoxy) is 1. The predicted molar refractivity (Wildman–Crippen MR) is 146 cm³/mol. The van der Waals surface area contributed by atoms with Gasteiger partial charge in [-0.1, -0.05) is 6.07 Å². The van der Waals surface area contributed by atoms with E-state index in [1.54, 1.807) is 17.2 Å². The zero-order valence-corrected chi connectivity index (χ0v) is 22.0. The third kappa shape index (κ3) is 5.74. The third-order valence-corrected chi connectivity index (χ3v) is 6.92. The molecule has 3 aromatic heterocycles. The standard InChI is InChI=1S/C28H28N8O4/c1-18-20(4-2-6-30-18)13-31-23-11-25(32-14-22(23)12-29)34-28(39)36-7-3-5-19-10-21(24(16-37)33-27(19)36)15-35-8-9-40-17-26(35)38/h2,4,6,10-11,14,16H,3,5,7-9,13,15,17H2,1H3,(H2,31,32,34,39). The molecule has 204 valence electrons. The van der Waals surface area contributed by atoms with Crippen LogP contribution in [0.1, 0.15) is 44.9 Å². The van der Waals surface area contributed by atoms with E-state index in [0.717, 1.165) is 16.8 Å². The number of anilines is 3. The van der Waals surface area contributed by atoms with Gasteiger partial charge in [0, 0.05) is 55.9 Å². The van der Waals surface area contributed by atoms with Gasteiger partial charge in [0.1, 0.15) is 30.0 Å². The summed E-state index contributed by atoms with van der Waals surface area (Å²) in [5.74, 6) is 0.530. The van der Waals surface area contributed by atoms with E-state index >= 15 is 0 Å². The molecular formula is C28H28N8O4. The first-order valence-electron chi connectivity index (χ1n) is 12.9. The minimum absolute atomic E-state index is 0.0203. The Hall–Kier alpha value is -4.89.